The number of hydrogen-bond acceptors (Lipinski definition) is 6. The van der Waals surface area contributed by atoms with Crippen LogP contribution < -0.4 is 14.4 Å². The third-order valence-corrected chi connectivity index (χ3v) is 7.84. The Hall–Kier alpha value is -3.28. The molecule has 0 heterocycles. The molecule has 0 bridgehead atoms. The number of nitrogens with one attached hydrogen (secondary N) is 1. The second-order valence-electron chi connectivity index (χ2n) is 8.66. The summed E-state index contributed by atoms with van der Waals surface area (Å²) in [7, 11) is -4.03. The van der Waals surface area contributed by atoms with Crippen LogP contribution in [0.5, 0.6) is 11.5 Å². The van der Waals surface area contributed by atoms with Gasteiger partial charge in [-0.3, -0.25) is 0 Å². The summed E-state index contributed by atoms with van der Waals surface area (Å²) >= 11 is 0. The molecule has 0 radical (unpaired) electrons. The van der Waals surface area contributed by atoms with Gasteiger partial charge >= 0.3 is 13.7 Å². The molecule has 1 saturated carbocycles. The molecule has 1 atom stereocenters. The van der Waals surface area contributed by atoms with E-state index in [1.54, 1.807) is 48.5 Å². The van der Waals surface area contributed by atoms with Crippen LogP contribution in [0.25, 0.3) is 0 Å². The molecule has 4 rings (SSSR count). The van der Waals surface area contributed by atoms with Crippen molar-refractivity contribution in [2.75, 3.05) is 6.61 Å². The summed E-state index contributed by atoms with van der Waals surface area (Å²) in [5.41, 5.74) is 0.840. The SMILES string of the molecule is O=C(NC(COC1CCCCC1)P(=O)(Oc1ccccc1)Oc1ccccc1)OCc1ccccc1. The predicted molar refractivity (Wildman–Crippen MR) is 138 cm³/mol. The maximum atomic E-state index is 14.3. The van der Waals surface area contributed by atoms with Gasteiger partial charge in [0.15, 0.2) is 5.78 Å². The maximum Gasteiger partial charge on any atom is 0.455 e. The molecule has 8 heteroatoms. The minimum absolute atomic E-state index is 0.0327. The van der Waals surface area contributed by atoms with Crippen molar-refractivity contribution < 1.29 is 27.9 Å². The Morgan fingerprint density at radius 3 is 1.89 bits per heavy atom. The molecule has 1 N–H and O–H groups in total. The molecule has 1 amide bonds. The van der Waals surface area contributed by atoms with Gasteiger partial charge in [0.25, 0.3) is 0 Å². The molecule has 1 aliphatic carbocycles. The van der Waals surface area contributed by atoms with E-state index in [1.165, 1.54) is 6.42 Å². The Bertz CT molecular complexity index is 1060. The maximum absolute atomic E-state index is 14.3. The zero-order valence-electron chi connectivity index (χ0n) is 20.2. The largest absolute Gasteiger partial charge is 0.455 e. The number of carbonyl (C=O) groups is 1. The summed E-state index contributed by atoms with van der Waals surface area (Å²) in [4.78, 5) is 12.8. The van der Waals surface area contributed by atoms with Gasteiger partial charge in [-0.1, -0.05) is 86.0 Å². The van der Waals surface area contributed by atoms with Crippen molar-refractivity contribution >= 4 is 13.7 Å². The van der Waals surface area contributed by atoms with E-state index in [0.717, 1.165) is 31.2 Å². The normalized spacial score (nSPS) is 15.0. The third kappa shape index (κ3) is 7.87. The summed E-state index contributed by atoms with van der Waals surface area (Å²) in [5, 5.41) is 2.71. The van der Waals surface area contributed by atoms with Gasteiger partial charge in [-0.05, 0) is 42.7 Å². The molecule has 190 valence electrons. The molecule has 3 aromatic carbocycles. The van der Waals surface area contributed by atoms with E-state index in [0.29, 0.717) is 11.5 Å². The number of alkyl carbamates (subject to hydrolysis) is 1. The first kappa shape index (κ1) is 25.8. The molecule has 0 aliphatic heterocycles. The number of hydrogen-bond donors (Lipinski definition) is 1. The van der Waals surface area contributed by atoms with Gasteiger partial charge in [-0.25, -0.2) is 9.36 Å². The minimum atomic E-state index is -4.03. The molecular weight excluding hydrogens is 477 g/mol. The molecule has 1 fully saturated rings. The van der Waals surface area contributed by atoms with E-state index >= 15 is 0 Å². The van der Waals surface area contributed by atoms with Gasteiger partial charge in [0.2, 0.25) is 0 Å². The van der Waals surface area contributed by atoms with Gasteiger partial charge in [0.05, 0.1) is 12.7 Å². The molecule has 1 unspecified atom stereocenters. The Balaban J connectivity index is 1.54. The Kier molecular flexibility index (Phi) is 9.42. The van der Waals surface area contributed by atoms with Crippen molar-refractivity contribution in [3.63, 3.8) is 0 Å². The lowest BCUT2D eigenvalue weighted by atomic mass is 9.98. The molecule has 36 heavy (non-hydrogen) atoms. The fourth-order valence-electron chi connectivity index (χ4n) is 3.97. The molecule has 0 aromatic heterocycles. The number of benzene rings is 3. The molecule has 7 nitrogen and oxygen atoms in total. The molecular formula is C28H32NO6P. The van der Waals surface area contributed by atoms with Crippen molar-refractivity contribution in [3.05, 3.63) is 96.6 Å². The van der Waals surface area contributed by atoms with Crippen LogP contribution >= 0.6 is 7.60 Å². The van der Waals surface area contributed by atoms with E-state index in [1.807, 2.05) is 42.5 Å². The first-order chi connectivity index (χ1) is 17.6. The highest BCUT2D eigenvalue weighted by atomic mass is 31.2. The van der Waals surface area contributed by atoms with Gasteiger partial charge in [-0.2, -0.15) is 0 Å². The van der Waals surface area contributed by atoms with Crippen molar-refractivity contribution in [1.29, 1.82) is 0 Å². The van der Waals surface area contributed by atoms with Crippen LogP contribution in [-0.2, 0) is 20.6 Å². The first-order valence-electron chi connectivity index (χ1n) is 12.3. The highest BCUT2D eigenvalue weighted by Crippen LogP contribution is 2.52. The minimum Gasteiger partial charge on any atom is -0.445 e. The van der Waals surface area contributed by atoms with Crippen molar-refractivity contribution in [2.24, 2.45) is 0 Å². The first-order valence-corrected chi connectivity index (χ1v) is 13.9. The summed E-state index contributed by atoms with van der Waals surface area (Å²) in [6.45, 7) is 0.0360. The lowest BCUT2D eigenvalue weighted by molar-refractivity contribution is 0.0223. The van der Waals surface area contributed by atoms with Crippen LogP contribution in [0, 0.1) is 0 Å². The Morgan fingerprint density at radius 2 is 1.33 bits per heavy atom. The zero-order valence-corrected chi connectivity index (χ0v) is 21.1. The Morgan fingerprint density at radius 1 is 0.806 bits per heavy atom. The van der Waals surface area contributed by atoms with Crippen LogP contribution in [0.1, 0.15) is 37.7 Å². The average molecular weight is 510 g/mol. The average Bonchev–Trinajstić information content (AvgIpc) is 2.92. The van der Waals surface area contributed by atoms with Gasteiger partial charge < -0.3 is 23.8 Å². The van der Waals surface area contributed by atoms with E-state index < -0.39 is 19.5 Å². The molecule has 0 spiro atoms. The lowest BCUT2D eigenvalue weighted by Crippen LogP contribution is -2.41. The molecule has 0 saturated heterocycles. The van der Waals surface area contributed by atoms with Crippen LogP contribution in [0.3, 0.4) is 0 Å². The fourth-order valence-corrected chi connectivity index (χ4v) is 5.63. The van der Waals surface area contributed by atoms with Gasteiger partial charge in [0, 0.05) is 0 Å². The lowest BCUT2D eigenvalue weighted by Gasteiger charge is -2.30. The summed E-state index contributed by atoms with van der Waals surface area (Å²) < 4.78 is 37.8. The summed E-state index contributed by atoms with van der Waals surface area (Å²) in [5.74, 6) is -0.374. The highest BCUT2D eigenvalue weighted by molar-refractivity contribution is 7.55. The monoisotopic (exact) mass is 509 g/mol. The smallest absolute Gasteiger partial charge is 0.445 e. The van der Waals surface area contributed by atoms with Gasteiger partial charge in [0.1, 0.15) is 18.1 Å². The van der Waals surface area contributed by atoms with E-state index in [9.17, 15) is 9.36 Å². The number of para-hydroxylation sites is 2. The molecule has 3 aromatic rings. The topological polar surface area (TPSA) is 83.1 Å². The molecule has 1 aliphatic rings. The van der Waals surface area contributed by atoms with E-state index in [4.69, 9.17) is 18.5 Å². The second kappa shape index (κ2) is 13.1. The van der Waals surface area contributed by atoms with Crippen molar-refractivity contribution in [3.8, 4) is 11.5 Å². The van der Waals surface area contributed by atoms with Crippen LogP contribution in [0.4, 0.5) is 4.79 Å². The van der Waals surface area contributed by atoms with Crippen molar-refractivity contribution in [2.45, 2.75) is 50.6 Å². The van der Waals surface area contributed by atoms with Crippen LogP contribution in [0.15, 0.2) is 91.0 Å². The summed E-state index contributed by atoms with van der Waals surface area (Å²) in [6.07, 6.45) is 4.50. The number of rotatable bonds is 11. The predicted octanol–water partition coefficient (Wildman–Crippen LogP) is 6.94. The number of ether oxygens (including phenoxy) is 2. The fraction of sp³-hybridized carbons (Fsp3) is 0.321. The van der Waals surface area contributed by atoms with E-state index in [2.05, 4.69) is 5.32 Å². The van der Waals surface area contributed by atoms with Gasteiger partial charge in [-0.15, -0.1) is 0 Å². The third-order valence-electron chi connectivity index (χ3n) is 5.87. The number of carbonyl (C=O) groups excluding carboxylic acids is 1. The summed E-state index contributed by atoms with van der Waals surface area (Å²) in [6, 6.07) is 26.9. The zero-order chi connectivity index (χ0) is 25.1. The Labute approximate surface area is 212 Å². The number of amides is 1. The second-order valence-corrected chi connectivity index (χ2v) is 10.7. The standard InChI is InChI=1S/C28H32NO6P/c30-28(33-21-23-13-5-1-6-14-23)29-27(22-32-24-15-7-2-8-16-24)36(31,34-25-17-9-3-10-18-25)35-26-19-11-4-12-20-26/h1,3-6,9-14,17-20,24,27H,2,7-8,15-16,21-22H2,(H,29,30). The highest BCUT2D eigenvalue weighted by Gasteiger charge is 2.42. The van der Waals surface area contributed by atoms with Crippen LogP contribution in [-0.4, -0.2) is 24.6 Å². The van der Waals surface area contributed by atoms with E-state index in [-0.39, 0.29) is 19.3 Å². The quantitative estimate of drug-likeness (QED) is 0.282. The van der Waals surface area contributed by atoms with Crippen LogP contribution in [0.2, 0.25) is 0 Å². The van der Waals surface area contributed by atoms with Crippen molar-refractivity contribution in [1.82, 2.24) is 5.32 Å².